The maximum Gasteiger partial charge on any atom is 0.122 e. The zero-order valence-electron chi connectivity index (χ0n) is 14.7. The van der Waals surface area contributed by atoms with Gasteiger partial charge in [-0.3, -0.25) is 4.90 Å². The Hall–Kier alpha value is -1.06. The summed E-state index contributed by atoms with van der Waals surface area (Å²) in [6, 6.07) is 9.25. The van der Waals surface area contributed by atoms with Crippen LogP contribution in [0.2, 0.25) is 0 Å². The SMILES string of the molecule is COc1ccccc1CC(C)N(C)C(C)CNC(C)(C)C. The van der Waals surface area contributed by atoms with Crippen molar-refractivity contribution in [3.63, 3.8) is 0 Å². The summed E-state index contributed by atoms with van der Waals surface area (Å²) in [4.78, 5) is 2.44. The van der Waals surface area contributed by atoms with Crippen LogP contribution in [0, 0.1) is 0 Å². The number of nitrogens with zero attached hydrogens (tertiary/aromatic N) is 1. The number of methoxy groups -OCH3 is 1. The standard InChI is InChI=1S/C18H32N2O/c1-14(12-16-10-8-9-11-17(16)21-7)20(6)15(2)13-19-18(3,4)5/h8-11,14-15,19H,12-13H2,1-7H3. The van der Waals surface area contributed by atoms with E-state index < -0.39 is 0 Å². The molecule has 1 rings (SSSR count). The number of hydrogen-bond donors (Lipinski definition) is 1. The normalized spacial score (nSPS) is 15.0. The number of ether oxygens (including phenoxy) is 1. The quantitative estimate of drug-likeness (QED) is 0.834. The summed E-state index contributed by atoms with van der Waals surface area (Å²) >= 11 is 0. The Bertz CT molecular complexity index is 425. The molecule has 0 amide bonds. The fraction of sp³-hybridized carbons (Fsp3) is 0.667. The van der Waals surface area contributed by atoms with Crippen molar-refractivity contribution in [3.8, 4) is 5.75 Å². The Labute approximate surface area is 130 Å². The first-order chi connectivity index (χ1) is 9.74. The molecule has 0 aliphatic carbocycles. The van der Waals surface area contributed by atoms with Gasteiger partial charge in [-0.25, -0.2) is 0 Å². The summed E-state index contributed by atoms with van der Waals surface area (Å²) in [6.07, 6.45) is 1.00. The van der Waals surface area contributed by atoms with Crippen LogP contribution in [0.25, 0.3) is 0 Å². The van der Waals surface area contributed by atoms with Gasteiger partial charge in [0.25, 0.3) is 0 Å². The molecule has 120 valence electrons. The highest BCUT2D eigenvalue weighted by Gasteiger charge is 2.19. The van der Waals surface area contributed by atoms with Crippen LogP contribution in [-0.2, 0) is 6.42 Å². The van der Waals surface area contributed by atoms with Crippen molar-refractivity contribution in [2.45, 2.75) is 58.7 Å². The Morgan fingerprint density at radius 2 is 1.76 bits per heavy atom. The van der Waals surface area contributed by atoms with Gasteiger partial charge in [0.1, 0.15) is 5.75 Å². The topological polar surface area (TPSA) is 24.5 Å². The Morgan fingerprint density at radius 3 is 2.33 bits per heavy atom. The van der Waals surface area contributed by atoms with Gasteiger partial charge in [-0.1, -0.05) is 18.2 Å². The Balaban J connectivity index is 2.59. The monoisotopic (exact) mass is 292 g/mol. The lowest BCUT2D eigenvalue weighted by atomic mass is 10.0. The van der Waals surface area contributed by atoms with Crippen LogP contribution >= 0.6 is 0 Å². The van der Waals surface area contributed by atoms with Crippen LogP contribution in [-0.4, -0.2) is 43.2 Å². The van der Waals surface area contributed by atoms with Crippen LogP contribution in [0.3, 0.4) is 0 Å². The fourth-order valence-corrected chi connectivity index (χ4v) is 2.37. The molecule has 0 heterocycles. The fourth-order valence-electron chi connectivity index (χ4n) is 2.37. The lowest BCUT2D eigenvalue weighted by Crippen LogP contribution is -2.48. The third-order valence-corrected chi connectivity index (χ3v) is 4.03. The van der Waals surface area contributed by atoms with Gasteiger partial charge >= 0.3 is 0 Å². The number of rotatable bonds is 7. The van der Waals surface area contributed by atoms with Gasteiger partial charge < -0.3 is 10.1 Å². The van der Waals surface area contributed by atoms with Crippen molar-refractivity contribution in [3.05, 3.63) is 29.8 Å². The predicted molar refractivity (Wildman–Crippen MR) is 91.1 cm³/mol. The minimum atomic E-state index is 0.168. The highest BCUT2D eigenvalue weighted by Crippen LogP contribution is 2.20. The summed E-state index contributed by atoms with van der Waals surface area (Å²) in [5.41, 5.74) is 1.44. The van der Waals surface area contributed by atoms with Crippen LogP contribution in [0.5, 0.6) is 5.75 Å². The molecule has 0 saturated carbocycles. The molecule has 0 spiro atoms. The second kappa shape index (κ2) is 7.81. The second-order valence-corrected chi connectivity index (χ2v) is 7.01. The summed E-state index contributed by atoms with van der Waals surface area (Å²) < 4.78 is 5.45. The van der Waals surface area contributed by atoms with E-state index in [0.29, 0.717) is 12.1 Å². The summed E-state index contributed by atoms with van der Waals surface area (Å²) in [5, 5.41) is 3.58. The summed E-state index contributed by atoms with van der Waals surface area (Å²) in [6.45, 7) is 12.2. The highest BCUT2D eigenvalue weighted by molar-refractivity contribution is 5.33. The van der Waals surface area contributed by atoms with Crippen molar-refractivity contribution in [2.75, 3.05) is 20.7 Å². The van der Waals surface area contributed by atoms with E-state index >= 15 is 0 Å². The minimum Gasteiger partial charge on any atom is -0.496 e. The lowest BCUT2D eigenvalue weighted by molar-refractivity contribution is 0.181. The average molecular weight is 292 g/mol. The second-order valence-electron chi connectivity index (χ2n) is 7.01. The molecule has 0 aliphatic heterocycles. The molecule has 0 bridgehead atoms. The molecule has 1 N–H and O–H groups in total. The molecule has 0 saturated heterocycles. The van der Waals surface area contributed by atoms with E-state index in [2.05, 4.69) is 64.0 Å². The molecular formula is C18H32N2O. The van der Waals surface area contributed by atoms with E-state index in [0.717, 1.165) is 18.7 Å². The van der Waals surface area contributed by atoms with Crippen molar-refractivity contribution in [1.82, 2.24) is 10.2 Å². The summed E-state index contributed by atoms with van der Waals surface area (Å²) in [7, 11) is 3.94. The smallest absolute Gasteiger partial charge is 0.122 e. The molecule has 2 unspecified atom stereocenters. The number of likely N-dealkylation sites (N-methyl/N-ethyl adjacent to an activating group) is 1. The van der Waals surface area contributed by atoms with E-state index in [1.807, 2.05) is 12.1 Å². The van der Waals surface area contributed by atoms with Gasteiger partial charge in [0.2, 0.25) is 0 Å². The van der Waals surface area contributed by atoms with Gasteiger partial charge in [-0.15, -0.1) is 0 Å². The molecule has 3 heteroatoms. The largest absolute Gasteiger partial charge is 0.496 e. The maximum absolute atomic E-state index is 5.45. The molecule has 0 fully saturated rings. The summed E-state index contributed by atoms with van der Waals surface area (Å²) in [5.74, 6) is 0.984. The number of nitrogens with one attached hydrogen (secondary N) is 1. The minimum absolute atomic E-state index is 0.168. The van der Waals surface area contributed by atoms with Gasteiger partial charge in [-0.05, 0) is 59.7 Å². The lowest BCUT2D eigenvalue weighted by Gasteiger charge is -2.33. The zero-order chi connectivity index (χ0) is 16.0. The Kier molecular flexibility index (Phi) is 6.69. The molecule has 21 heavy (non-hydrogen) atoms. The van der Waals surface area contributed by atoms with E-state index in [1.165, 1.54) is 5.56 Å². The van der Waals surface area contributed by atoms with Crippen LogP contribution in [0.15, 0.2) is 24.3 Å². The highest BCUT2D eigenvalue weighted by atomic mass is 16.5. The van der Waals surface area contributed by atoms with Crippen LogP contribution in [0.4, 0.5) is 0 Å². The van der Waals surface area contributed by atoms with E-state index in [-0.39, 0.29) is 5.54 Å². The molecule has 0 aromatic heterocycles. The van der Waals surface area contributed by atoms with Gasteiger partial charge in [0.05, 0.1) is 7.11 Å². The molecule has 0 radical (unpaired) electrons. The van der Waals surface area contributed by atoms with Crippen LogP contribution in [0.1, 0.15) is 40.2 Å². The molecule has 1 aromatic carbocycles. The van der Waals surface area contributed by atoms with Gasteiger partial charge in [0, 0.05) is 24.2 Å². The first-order valence-electron chi connectivity index (χ1n) is 7.83. The van der Waals surface area contributed by atoms with Crippen molar-refractivity contribution in [1.29, 1.82) is 0 Å². The van der Waals surface area contributed by atoms with Crippen molar-refractivity contribution in [2.24, 2.45) is 0 Å². The number of para-hydroxylation sites is 1. The third kappa shape index (κ3) is 6.06. The van der Waals surface area contributed by atoms with E-state index in [1.54, 1.807) is 7.11 Å². The molecular weight excluding hydrogens is 260 g/mol. The van der Waals surface area contributed by atoms with Gasteiger partial charge in [0.15, 0.2) is 0 Å². The van der Waals surface area contributed by atoms with E-state index in [9.17, 15) is 0 Å². The van der Waals surface area contributed by atoms with E-state index in [4.69, 9.17) is 4.74 Å². The molecule has 2 atom stereocenters. The molecule has 0 aliphatic rings. The third-order valence-electron chi connectivity index (χ3n) is 4.03. The number of benzene rings is 1. The Morgan fingerprint density at radius 1 is 1.14 bits per heavy atom. The van der Waals surface area contributed by atoms with Gasteiger partial charge in [-0.2, -0.15) is 0 Å². The maximum atomic E-state index is 5.45. The zero-order valence-corrected chi connectivity index (χ0v) is 14.7. The first-order valence-corrected chi connectivity index (χ1v) is 7.83. The molecule has 1 aromatic rings. The first kappa shape index (κ1) is 18.0. The average Bonchev–Trinajstić information content (AvgIpc) is 2.43. The van der Waals surface area contributed by atoms with Crippen molar-refractivity contribution >= 4 is 0 Å². The predicted octanol–water partition coefficient (Wildman–Crippen LogP) is 3.33. The number of hydrogen-bond acceptors (Lipinski definition) is 3. The molecule has 3 nitrogen and oxygen atoms in total. The van der Waals surface area contributed by atoms with Crippen LogP contribution < -0.4 is 10.1 Å². The van der Waals surface area contributed by atoms with Crippen molar-refractivity contribution < 1.29 is 4.74 Å².